The molecule has 0 unspecified atom stereocenters. The molecular weight excluding hydrogens is 596 g/mol. The lowest BCUT2D eigenvalue weighted by atomic mass is 9.80. The van der Waals surface area contributed by atoms with Crippen LogP contribution in [0.3, 0.4) is 0 Å². The molecule has 0 aliphatic rings. The Morgan fingerprint density at radius 2 is 0.957 bits per heavy atom. The summed E-state index contributed by atoms with van der Waals surface area (Å²) in [6.45, 7) is 5.57. The molecule has 11 heteroatoms. The van der Waals surface area contributed by atoms with Crippen molar-refractivity contribution in [1.29, 1.82) is 0 Å². The summed E-state index contributed by atoms with van der Waals surface area (Å²) in [5.41, 5.74) is 0.928. The van der Waals surface area contributed by atoms with Crippen LogP contribution in [0.25, 0.3) is 0 Å². The van der Waals surface area contributed by atoms with Crippen molar-refractivity contribution in [3.63, 3.8) is 0 Å². The molecule has 246 valence electrons. The SMILES string of the molecule is CCO[C@H](O)[C@H](OC(C)=O)[C@H](OC(C)=O)[C@H](OC(C)=O)[C@@H](COC(c1ccccc1)(c1ccccc1)c1ccccc1)OC(C)=O. The number of benzene rings is 3. The van der Waals surface area contributed by atoms with Gasteiger partial charge in [-0.25, -0.2) is 0 Å². The van der Waals surface area contributed by atoms with E-state index < -0.39 is 66.8 Å². The number of hydrogen-bond donors (Lipinski definition) is 1. The van der Waals surface area contributed by atoms with E-state index >= 15 is 0 Å². The van der Waals surface area contributed by atoms with Crippen LogP contribution in [0.4, 0.5) is 0 Å². The molecule has 0 spiro atoms. The molecule has 3 rings (SSSR count). The summed E-state index contributed by atoms with van der Waals surface area (Å²) < 4.78 is 34.2. The Morgan fingerprint density at radius 1 is 0.587 bits per heavy atom. The standard InChI is InChI=1S/C35H40O11/c1-6-41-34(40)33(46-26(5)39)32(45-25(4)38)31(44-24(3)37)30(43-23(2)36)22-42-35(27-16-10-7-11-17-27,28-18-12-8-13-19-28)29-20-14-9-15-21-29/h7-21,30-34,40H,6,22H2,1-5H3/t30-,31-,32-,33-,34+/m1/s1. The third-order valence-electron chi connectivity index (χ3n) is 6.86. The highest BCUT2D eigenvalue weighted by molar-refractivity contribution is 5.69. The number of hydrogen-bond acceptors (Lipinski definition) is 11. The summed E-state index contributed by atoms with van der Waals surface area (Å²) in [4.78, 5) is 49.5. The van der Waals surface area contributed by atoms with Crippen LogP contribution in [0.5, 0.6) is 0 Å². The Hall–Kier alpha value is -4.58. The molecule has 0 amide bonds. The number of rotatable bonds is 16. The highest BCUT2D eigenvalue weighted by Crippen LogP contribution is 2.41. The molecule has 0 bridgehead atoms. The molecule has 0 heterocycles. The third-order valence-corrected chi connectivity index (χ3v) is 6.86. The van der Waals surface area contributed by atoms with Gasteiger partial charge in [-0.1, -0.05) is 91.0 Å². The van der Waals surface area contributed by atoms with Crippen molar-refractivity contribution >= 4 is 23.9 Å². The molecule has 1 N–H and O–H groups in total. The van der Waals surface area contributed by atoms with Gasteiger partial charge < -0.3 is 33.5 Å². The Balaban J connectivity index is 2.22. The van der Waals surface area contributed by atoms with E-state index in [2.05, 4.69) is 0 Å². The molecule has 46 heavy (non-hydrogen) atoms. The fourth-order valence-corrected chi connectivity index (χ4v) is 5.19. The Labute approximate surface area is 268 Å². The highest BCUT2D eigenvalue weighted by Gasteiger charge is 2.48. The molecule has 0 aliphatic heterocycles. The number of carbonyl (C=O) groups is 4. The van der Waals surface area contributed by atoms with Gasteiger partial charge in [0, 0.05) is 34.3 Å². The van der Waals surface area contributed by atoms with Gasteiger partial charge >= 0.3 is 23.9 Å². The summed E-state index contributed by atoms with van der Waals surface area (Å²) in [7, 11) is 0. The lowest BCUT2D eigenvalue weighted by Crippen LogP contribution is -2.56. The molecule has 0 saturated carbocycles. The van der Waals surface area contributed by atoms with Gasteiger partial charge in [-0.05, 0) is 23.6 Å². The van der Waals surface area contributed by atoms with E-state index in [0.29, 0.717) is 0 Å². The molecular formula is C35H40O11. The summed E-state index contributed by atoms with van der Waals surface area (Å²) in [5, 5.41) is 10.8. The van der Waals surface area contributed by atoms with Crippen LogP contribution >= 0.6 is 0 Å². The van der Waals surface area contributed by atoms with E-state index in [9.17, 15) is 24.3 Å². The van der Waals surface area contributed by atoms with Crippen LogP contribution in [0.2, 0.25) is 0 Å². The van der Waals surface area contributed by atoms with Crippen molar-refractivity contribution in [2.75, 3.05) is 13.2 Å². The van der Waals surface area contributed by atoms with Crippen molar-refractivity contribution in [2.45, 2.75) is 70.9 Å². The van der Waals surface area contributed by atoms with Crippen LogP contribution in [0.15, 0.2) is 91.0 Å². The predicted molar refractivity (Wildman–Crippen MR) is 165 cm³/mol. The monoisotopic (exact) mass is 636 g/mol. The Bertz CT molecular complexity index is 1320. The largest absolute Gasteiger partial charge is 0.456 e. The maximum atomic E-state index is 12.5. The van der Waals surface area contributed by atoms with Gasteiger partial charge in [0.05, 0.1) is 6.61 Å². The molecule has 0 fully saturated rings. The first-order valence-electron chi connectivity index (χ1n) is 14.8. The zero-order chi connectivity index (χ0) is 33.7. The highest BCUT2D eigenvalue weighted by atomic mass is 16.7. The Kier molecular flexibility index (Phi) is 13.4. The maximum absolute atomic E-state index is 12.5. The number of aliphatic hydroxyl groups is 1. The van der Waals surface area contributed by atoms with Gasteiger partial charge in [0.1, 0.15) is 5.60 Å². The van der Waals surface area contributed by atoms with E-state index in [0.717, 1.165) is 44.4 Å². The number of aliphatic hydroxyl groups excluding tert-OH is 1. The third kappa shape index (κ3) is 9.46. The predicted octanol–water partition coefficient (Wildman–Crippen LogP) is 4.08. The smallest absolute Gasteiger partial charge is 0.303 e. The van der Waals surface area contributed by atoms with Crippen LogP contribution in [0.1, 0.15) is 51.3 Å². The molecule has 5 atom stereocenters. The minimum Gasteiger partial charge on any atom is -0.456 e. The van der Waals surface area contributed by atoms with Crippen molar-refractivity contribution in [1.82, 2.24) is 0 Å². The number of esters is 4. The number of ether oxygens (including phenoxy) is 6. The first-order valence-corrected chi connectivity index (χ1v) is 14.8. The molecule has 0 aromatic heterocycles. The van der Waals surface area contributed by atoms with E-state index in [4.69, 9.17) is 28.4 Å². The summed E-state index contributed by atoms with van der Waals surface area (Å²) in [6.07, 6.45) is -8.28. The summed E-state index contributed by atoms with van der Waals surface area (Å²) >= 11 is 0. The van der Waals surface area contributed by atoms with Gasteiger partial charge in [0.15, 0.2) is 30.7 Å². The fourth-order valence-electron chi connectivity index (χ4n) is 5.19. The van der Waals surface area contributed by atoms with Crippen molar-refractivity contribution < 1.29 is 52.7 Å². The van der Waals surface area contributed by atoms with Crippen LogP contribution < -0.4 is 0 Å². The second-order valence-electron chi connectivity index (χ2n) is 10.3. The minimum atomic E-state index is -1.81. The van der Waals surface area contributed by atoms with Gasteiger partial charge in [0.25, 0.3) is 0 Å². The van der Waals surface area contributed by atoms with Crippen LogP contribution in [-0.2, 0) is 53.2 Å². The lowest BCUT2D eigenvalue weighted by Gasteiger charge is -2.40. The van der Waals surface area contributed by atoms with Gasteiger partial charge in [0.2, 0.25) is 0 Å². The Morgan fingerprint density at radius 3 is 1.33 bits per heavy atom. The van der Waals surface area contributed by atoms with E-state index in [1.807, 2.05) is 91.0 Å². The van der Waals surface area contributed by atoms with Gasteiger partial charge in [-0.3, -0.25) is 19.2 Å². The molecule has 3 aromatic rings. The molecule has 0 saturated heterocycles. The fraction of sp³-hybridized carbons (Fsp3) is 0.371. The normalized spacial score (nSPS) is 14.6. The second-order valence-corrected chi connectivity index (χ2v) is 10.3. The van der Waals surface area contributed by atoms with Crippen LogP contribution in [-0.4, -0.2) is 72.9 Å². The number of carbonyl (C=O) groups excluding carboxylic acids is 4. The van der Waals surface area contributed by atoms with Gasteiger partial charge in [-0.2, -0.15) is 0 Å². The average molecular weight is 637 g/mol. The zero-order valence-electron chi connectivity index (χ0n) is 26.5. The summed E-state index contributed by atoms with van der Waals surface area (Å²) in [6, 6.07) is 28.1. The quantitative estimate of drug-likeness (QED) is 0.105. The van der Waals surface area contributed by atoms with E-state index in [-0.39, 0.29) is 6.61 Å². The second kappa shape index (κ2) is 17.2. The molecule has 3 aromatic carbocycles. The van der Waals surface area contributed by atoms with E-state index in [1.165, 1.54) is 0 Å². The van der Waals surface area contributed by atoms with Crippen molar-refractivity contribution in [2.24, 2.45) is 0 Å². The molecule has 0 aliphatic carbocycles. The van der Waals surface area contributed by atoms with E-state index in [1.54, 1.807) is 6.92 Å². The lowest BCUT2D eigenvalue weighted by molar-refractivity contribution is -0.239. The first kappa shape index (κ1) is 35.9. The topological polar surface area (TPSA) is 144 Å². The average Bonchev–Trinajstić information content (AvgIpc) is 3.02. The van der Waals surface area contributed by atoms with Crippen LogP contribution in [0, 0.1) is 0 Å². The minimum absolute atomic E-state index is 0.00577. The zero-order valence-corrected chi connectivity index (χ0v) is 26.5. The van der Waals surface area contributed by atoms with Crippen molar-refractivity contribution in [3.8, 4) is 0 Å². The molecule has 0 radical (unpaired) electrons. The summed E-state index contributed by atoms with van der Waals surface area (Å²) in [5.74, 6) is -3.32. The maximum Gasteiger partial charge on any atom is 0.303 e. The first-order chi connectivity index (χ1) is 22.0. The molecule has 11 nitrogen and oxygen atoms in total. The van der Waals surface area contributed by atoms with Gasteiger partial charge in [-0.15, -0.1) is 0 Å². The van der Waals surface area contributed by atoms with Crippen molar-refractivity contribution in [3.05, 3.63) is 108 Å².